The first-order valence-electron chi connectivity index (χ1n) is 7.27. The standard InChI is InChI=1S/C15H22BrNO3S/c1-11(2)7-8-17(13-4-5-13)21(19,20)15-9-12(10-18)3-6-14(15)16/h3,6,9,11,13,18H,4-5,7-8,10H2,1-2H3. The summed E-state index contributed by atoms with van der Waals surface area (Å²) in [5, 5.41) is 9.23. The molecule has 1 aromatic rings. The summed E-state index contributed by atoms with van der Waals surface area (Å²) < 4.78 is 28.0. The number of hydrogen-bond donors (Lipinski definition) is 1. The molecule has 1 aliphatic rings. The van der Waals surface area contributed by atoms with Gasteiger partial charge < -0.3 is 5.11 Å². The number of nitrogens with zero attached hydrogens (tertiary/aromatic N) is 1. The lowest BCUT2D eigenvalue weighted by Crippen LogP contribution is -2.34. The Kier molecular flexibility index (Phi) is 5.46. The zero-order valence-electron chi connectivity index (χ0n) is 12.4. The minimum atomic E-state index is -3.52. The molecule has 1 fully saturated rings. The molecule has 0 radical (unpaired) electrons. The van der Waals surface area contributed by atoms with E-state index in [2.05, 4.69) is 29.8 Å². The van der Waals surface area contributed by atoms with Crippen LogP contribution in [-0.2, 0) is 16.6 Å². The van der Waals surface area contributed by atoms with Crippen LogP contribution in [-0.4, -0.2) is 30.4 Å². The average Bonchev–Trinajstić information content (AvgIpc) is 3.23. The largest absolute Gasteiger partial charge is 0.392 e. The SMILES string of the molecule is CC(C)CCN(C1CC1)S(=O)(=O)c1cc(CO)ccc1Br. The Morgan fingerprint density at radius 1 is 1.38 bits per heavy atom. The summed E-state index contributed by atoms with van der Waals surface area (Å²) in [5.74, 6) is 0.466. The van der Waals surface area contributed by atoms with Crippen molar-refractivity contribution >= 4 is 26.0 Å². The Hall–Kier alpha value is -0.430. The van der Waals surface area contributed by atoms with Crippen LogP contribution in [0.15, 0.2) is 27.6 Å². The highest BCUT2D eigenvalue weighted by Gasteiger charge is 2.38. The molecule has 0 amide bonds. The van der Waals surface area contributed by atoms with Crippen LogP contribution in [0.25, 0.3) is 0 Å². The van der Waals surface area contributed by atoms with E-state index in [1.54, 1.807) is 22.5 Å². The van der Waals surface area contributed by atoms with E-state index >= 15 is 0 Å². The van der Waals surface area contributed by atoms with Crippen molar-refractivity contribution < 1.29 is 13.5 Å². The van der Waals surface area contributed by atoms with Gasteiger partial charge in [0.15, 0.2) is 0 Å². The normalized spacial score (nSPS) is 15.9. The third-order valence-corrected chi connectivity index (χ3v) is 6.59. The van der Waals surface area contributed by atoms with Crippen LogP contribution in [0.1, 0.15) is 38.7 Å². The molecule has 2 rings (SSSR count). The smallest absolute Gasteiger partial charge is 0.244 e. The van der Waals surface area contributed by atoms with Crippen LogP contribution in [0.2, 0.25) is 0 Å². The number of aliphatic hydroxyl groups is 1. The number of rotatable bonds is 7. The first-order valence-corrected chi connectivity index (χ1v) is 9.50. The molecular weight excluding hydrogens is 354 g/mol. The van der Waals surface area contributed by atoms with Gasteiger partial charge in [-0.15, -0.1) is 0 Å². The lowest BCUT2D eigenvalue weighted by molar-refractivity contribution is 0.281. The van der Waals surface area contributed by atoms with Gasteiger partial charge in [-0.25, -0.2) is 8.42 Å². The molecule has 1 saturated carbocycles. The Morgan fingerprint density at radius 3 is 2.57 bits per heavy atom. The van der Waals surface area contributed by atoms with Gasteiger partial charge in [-0.3, -0.25) is 0 Å². The summed E-state index contributed by atoms with van der Waals surface area (Å²) >= 11 is 3.33. The van der Waals surface area contributed by atoms with E-state index in [0.717, 1.165) is 19.3 Å². The van der Waals surface area contributed by atoms with Crippen LogP contribution in [0.4, 0.5) is 0 Å². The zero-order valence-corrected chi connectivity index (χ0v) is 14.8. The molecule has 0 aliphatic heterocycles. The minimum Gasteiger partial charge on any atom is -0.392 e. The van der Waals surface area contributed by atoms with E-state index in [9.17, 15) is 13.5 Å². The summed E-state index contributed by atoms with van der Waals surface area (Å²) in [6.45, 7) is 4.59. The summed E-state index contributed by atoms with van der Waals surface area (Å²) in [4.78, 5) is 0.254. The topological polar surface area (TPSA) is 57.6 Å². The van der Waals surface area contributed by atoms with Gasteiger partial charge in [0, 0.05) is 17.1 Å². The van der Waals surface area contributed by atoms with Gasteiger partial charge in [0.25, 0.3) is 0 Å². The number of aliphatic hydroxyl groups excluding tert-OH is 1. The van der Waals surface area contributed by atoms with Crippen molar-refractivity contribution in [1.29, 1.82) is 0 Å². The molecule has 0 bridgehead atoms. The first-order chi connectivity index (χ1) is 9.86. The lowest BCUT2D eigenvalue weighted by atomic mass is 10.1. The Balaban J connectivity index is 2.34. The van der Waals surface area contributed by atoms with Crippen LogP contribution < -0.4 is 0 Å². The third-order valence-electron chi connectivity index (χ3n) is 3.65. The van der Waals surface area contributed by atoms with E-state index in [-0.39, 0.29) is 17.5 Å². The highest BCUT2D eigenvalue weighted by molar-refractivity contribution is 9.10. The highest BCUT2D eigenvalue weighted by Crippen LogP contribution is 2.35. The number of halogens is 1. The van der Waals surface area contributed by atoms with Gasteiger partial charge in [-0.1, -0.05) is 19.9 Å². The van der Waals surface area contributed by atoms with Gasteiger partial charge in [0.2, 0.25) is 10.0 Å². The second-order valence-corrected chi connectivity index (χ2v) is 8.67. The van der Waals surface area contributed by atoms with E-state index in [0.29, 0.717) is 22.5 Å². The molecule has 4 nitrogen and oxygen atoms in total. The molecule has 21 heavy (non-hydrogen) atoms. The molecule has 0 saturated heterocycles. The van der Waals surface area contributed by atoms with Crippen molar-refractivity contribution in [2.24, 2.45) is 5.92 Å². The molecule has 1 aromatic carbocycles. The quantitative estimate of drug-likeness (QED) is 0.796. The van der Waals surface area contributed by atoms with Crippen molar-refractivity contribution in [3.63, 3.8) is 0 Å². The van der Waals surface area contributed by atoms with E-state index in [1.165, 1.54) is 0 Å². The molecule has 6 heteroatoms. The molecule has 0 atom stereocenters. The van der Waals surface area contributed by atoms with Gasteiger partial charge in [-0.2, -0.15) is 4.31 Å². The molecule has 0 heterocycles. The third kappa shape index (κ3) is 4.06. The van der Waals surface area contributed by atoms with Gasteiger partial charge in [0.1, 0.15) is 0 Å². The van der Waals surface area contributed by atoms with Crippen molar-refractivity contribution in [2.45, 2.75) is 50.7 Å². The number of benzene rings is 1. The Labute approximate surface area is 135 Å². The fourth-order valence-corrected chi connectivity index (χ4v) is 4.89. The van der Waals surface area contributed by atoms with Crippen LogP contribution >= 0.6 is 15.9 Å². The molecule has 1 aliphatic carbocycles. The summed E-state index contributed by atoms with van der Waals surface area (Å²) in [6, 6.07) is 5.10. The van der Waals surface area contributed by atoms with E-state index in [1.807, 2.05) is 0 Å². The number of hydrogen-bond acceptors (Lipinski definition) is 3. The summed E-state index contributed by atoms with van der Waals surface area (Å²) in [5.41, 5.74) is 0.608. The van der Waals surface area contributed by atoms with Crippen molar-refractivity contribution in [3.05, 3.63) is 28.2 Å². The van der Waals surface area contributed by atoms with Gasteiger partial charge in [-0.05, 0) is 58.8 Å². The summed E-state index contributed by atoms with van der Waals surface area (Å²) in [7, 11) is -3.52. The van der Waals surface area contributed by atoms with Crippen molar-refractivity contribution in [2.75, 3.05) is 6.54 Å². The maximum absolute atomic E-state index is 12.9. The highest BCUT2D eigenvalue weighted by atomic mass is 79.9. The van der Waals surface area contributed by atoms with E-state index in [4.69, 9.17) is 0 Å². The van der Waals surface area contributed by atoms with Gasteiger partial charge in [0.05, 0.1) is 11.5 Å². The Morgan fingerprint density at radius 2 is 2.05 bits per heavy atom. The van der Waals surface area contributed by atoms with Crippen LogP contribution in [0.3, 0.4) is 0 Å². The molecule has 1 N–H and O–H groups in total. The molecule has 118 valence electrons. The predicted molar refractivity (Wildman–Crippen MR) is 86.4 cm³/mol. The molecule has 0 aromatic heterocycles. The first kappa shape index (κ1) is 16.9. The fourth-order valence-electron chi connectivity index (χ4n) is 2.22. The second kappa shape index (κ2) is 6.77. The maximum Gasteiger partial charge on any atom is 0.244 e. The van der Waals surface area contributed by atoms with Crippen LogP contribution in [0, 0.1) is 5.92 Å². The minimum absolute atomic E-state index is 0.137. The average molecular weight is 376 g/mol. The van der Waals surface area contributed by atoms with Crippen molar-refractivity contribution in [1.82, 2.24) is 4.31 Å². The van der Waals surface area contributed by atoms with E-state index < -0.39 is 10.0 Å². The van der Waals surface area contributed by atoms with Gasteiger partial charge >= 0.3 is 0 Å². The summed E-state index contributed by atoms with van der Waals surface area (Å²) in [6.07, 6.45) is 2.73. The fraction of sp³-hybridized carbons (Fsp3) is 0.600. The zero-order chi connectivity index (χ0) is 15.6. The maximum atomic E-state index is 12.9. The van der Waals surface area contributed by atoms with Crippen LogP contribution in [0.5, 0.6) is 0 Å². The second-order valence-electron chi connectivity index (χ2n) is 5.95. The monoisotopic (exact) mass is 375 g/mol. The van der Waals surface area contributed by atoms with Crippen molar-refractivity contribution in [3.8, 4) is 0 Å². The molecule has 0 spiro atoms. The molecular formula is C15H22BrNO3S. The molecule has 0 unspecified atom stereocenters. The number of sulfonamides is 1. The lowest BCUT2D eigenvalue weighted by Gasteiger charge is -2.23. The Bertz CT molecular complexity index is 597. The predicted octanol–water partition coefficient (Wildman–Crippen LogP) is 3.14.